The number of carbonyl (C=O) groups excluding carboxylic acids is 2. The van der Waals surface area contributed by atoms with E-state index in [0.717, 1.165) is 36.2 Å². The summed E-state index contributed by atoms with van der Waals surface area (Å²) in [5.74, 6) is -0.363. The van der Waals surface area contributed by atoms with Crippen LogP contribution in [0.3, 0.4) is 0 Å². The Morgan fingerprint density at radius 1 is 1.32 bits per heavy atom. The maximum atomic E-state index is 12.1. The number of carbonyl (C=O) groups is 2. The molecule has 5 N–H and O–H groups in total. The number of nitrogens with zero attached hydrogens (tertiary/aromatic N) is 1. The molecule has 120 valence electrons. The van der Waals surface area contributed by atoms with Crippen molar-refractivity contribution in [3.05, 3.63) is 16.0 Å². The third-order valence-electron chi connectivity index (χ3n) is 4.50. The van der Waals surface area contributed by atoms with Gasteiger partial charge in [0.1, 0.15) is 0 Å². The van der Waals surface area contributed by atoms with Crippen molar-refractivity contribution in [2.75, 3.05) is 18.8 Å². The molecule has 22 heavy (non-hydrogen) atoms. The molecule has 2 heterocycles. The second kappa shape index (κ2) is 6.26. The molecule has 1 fully saturated rings. The van der Waals surface area contributed by atoms with E-state index in [9.17, 15) is 9.59 Å². The first-order chi connectivity index (χ1) is 10.5. The normalized spacial score (nSPS) is 19.1. The molecule has 0 atom stereocenters. The summed E-state index contributed by atoms with van der Waals surface area (Å²) >= 11 is 1.41. The highest BCUT2D eigenvalue weighted by Gasteiger charge is 2.27. The Morgan fingerprint density at radius 2 is 2.05 bits per heavy atom. The Balaban J connectivity index is 1.61. The zero-order valence-corrected chi connectivity index (χ0v) is 13.4. The van der Waals surface area contributed by atoms with Gasteiger partial charge in [0.2, 0.25) is 5.91 Å². The minimum absolute atomic E-state index is 0.0926. The molecule has 3 rings (SSSR count). The largest absolute Gasteiger partial charge is 0.390 e. The van der Waals surface area contributed by atoms with Crippen molar-refractivity contribution in [1.29, 1.82) is 0 Å². The number of fused-ring (bicyclic) bond motifs is 1. The summed E-state index contributed by atoms with van der Waals surface area (Å²) in [5, 5.41) is 3.60. The van der Waals surface area contributed by atoms with Crippen molar-refractivity contribution in [2.24, 2.45) is 5.73 Å². The van der Waals surface area contributed by atoms with Crippen LogP contribution in [0.2, 0.25) is 0 Å². The molecule has 1 aliphatic heterocycles. The topological polar surface area (TPSA) is 101 Å². The van der Waals surface area contributed by atoms with Crippen molar-refractivity contribution >= 4 is 28.2 Å². The van der Waals surface area contributed by atoms with Gasteiger partial charge in [-0.1, -0.05) is 12.8 Å². The molecule has 1 aliphatic carbocycles. The van der Waals surface area contributed by atoms with Crippen molar-refractivity contribution in [2.45, 2.75) is 44.7 Å². The molecule has 7 heteroatoms. The maximum absolute atomic E-state index is 12.1. The summed E-state index contributed by atoms with van der Waals surface area (Å²) in [4.78, 5) is 26.8. The second-order valence-electron chi connectivity index (χ2n) is 6.12. The first-order valence-corrected chi connectivity index (χ1v) is 8.57. The van der Waals surface area contributed by atoms with Gasteiger partial charge in [-0.05, 0) is 24.8 Å². The fourth-order valence-electron chi connectivity index (χ4n) is 3.43. The molecule has 1 aromatic heterocycles. The van der Waals surface area contributed by atoms with Gasteiger partial charge in [0.25, 0.3) is 5.91 Å². The average Bonchev–Trinajstić information content (AvgIpc) is 3.04. The lowest BCUT2D eigenvalue weighted by atomic mass is 10.0. The highest BCUT2D eigenvalue weighted by Crippen LogP contribution is 2.34. The molecule has 2 aliphatic rings. The van der Waals surface area contributed by atoms with Gasteiger partial charge in [-0.2, -0.15) is 0 Å². The number of nitrogens with one attached hydrogen (secondary N) is 1. The highest BCUT2D eigenvalue weighted by molar-refractivity contribution is 7.16. The molecule has 6 nitrogen and oxygen atoms in total. The van der Waals surface area contributed by atoms with Gasteiger partial charge < -0.3 is 16.8 Å². The number of nitrogens with two attached hydrogens (primary N) is 2. The summed E-state index contributed by atoms with van der Waals surface area (Å²) in [6.07, 6.45) is 5.33. The van der Waals surface area contributed by atoms with E-state index in [1.165, 1.54) is 24.2 Å². The molecule has 1 aromatic rings. The maximum Gasteiger partial charge on any atom is 0.251 e. The first kappa shape index (κ1) is 15.3. The van der Waals surface area contributed by atoms with Crippen LogP contribution in [0.25, 0.3) is 0 Å². The summed E-state index contributed by atoms with van der Waals surface area (Å²) < 4.78 is 0. The number of rotatable bonds is 4. The van der Waals surface area contributed by atoms with E-state index in [2.05, 4.69) is 10.2 Å². The van der Waals surface area contributed by atoms with E-state index in [4.69, 9.17) is 11.5 Å². The summed E-state index contributed by atoms with van der Waals surface area (Å²) in [5.41, 5.74) is 12.8. The molecule has 0 aromatic carbocycles. The van der Waals surface area contributed by atoms with E-state index < -0.39 is 5.91 Å². The number of hydrogen-bond acceptors (Lipinski definition) is 5. The number of primary amides is 1. The van der Waals surface area contributed by atoms with Gasteiger partial charge >= 0.3 is 0 Å². The highest BCUT2D eigenvalue weighted by atomic mass is 32.1. The van der Waals surface area contributed by atoms with Crippen LogP contribution in [0.4, 0.5) is 5.00 Å². The zero-order chi connectivity index (χ0) is 15.7. The van der Waals surface area contributed by atoms with Crippen LogP contribution in [-0.2, 0) is 17.8 Å². The first-order valence-electron chi connectivity index (χ1n) is 7.76. The summed E-state index contributed by atoms with van der Waals surface area (Å²) in [6.45, 7) is 1.82. The predicted octanol–water partition coefficient (Wildman–Crippen LogP) is 0.846. The van der Waals surface area contributed by atoms with Crippen LogP contribution in [-0.4, -0.2) is 35.8 Å². The van der Waals surface area contributed by atoms with Crippen LogP contribution in [0.5, 0.6) is 0 Å². The standard InChI is InChI=1S/C15H22N4O2S/c16-14(21)13-10-5-6-19(7-11(10)22-15(13)17)8-12(20)18-9-3-1-2-4-9/h9H,1-8,17H2,(H2,16,21)(H,18,20). The molecule has 0 radical (unpaired) electrons. The van der Waals surface area contributed by atoms with Crippen LogP contribution in [0, 0.1) is 0 Å². The third-order valence-corrected chi connectivity index (χ3v) is 5.54. The Bertz CT molecular complexity index is 593. The Kier molecular flexibility index (Phi) is 4.35. The van der Waals surface area contributed by atoms with Gasteiger partial charge in [-0.25, -0.2) is 0 Å². The molecule has 0 spiro atoms. The van der Waals surface area contributed by atoms with Gasteiger partial charge in [0.05, 0.1) is 17.1 Å². The van der Waals surface area contributed by atoms with E-state index in [-0.39, 0.29) is 5.91 Å². The van der Waals surface area contributed by atoms with Crippen LogP contribution >= 0.6 is 11.3 Å². The van der Waals surface area contributed by atoms with Gasteiger partial charge in [-0.15, -0.1) is 11.3 Å². The number of thiophene rings is 1. The summed E-state index contributed by atoms with van der Waals surface area (Å²) in [7, 11) is 0. The van der Waals surface area contributed by atoms with Crippen molar-refractivity contribution in [1.82, 2.24) is 10.2 Å². The minimum atomic E-state index is -0.456. The van der Waals surface area contributed by atoms with Crippen molar-refractivity contribution < 1.29 is 9.59 Å². The fourth-order valence-corrected chi connectivity index (χ4v) is 4.60. The van der Waals surface area contributed by atoms with Crippen molar-refractivity contribution in [3.63, 3.8) is 0 Å². The lowest BCUT2D eigenvalue weighted by molar-refractivity contribution is -0.123. The Labute approximate surface area is 133 Å². The van der Waals surface area contributed by atoms with E-state index >= 15 is 0 Å². The SMILES string of the molecule is NC(=O)c1c(N)sc2c1CCN(CC(=O)NC1CCCC1)C2. The zero-order valence-electron chi connectivity index (χ0n) is 12.6. The van der Waals surface area contributed by atoms with E-state index in [0.29, 0.717) is 29.7 Å². The van der Waals surface area contributed by atoms with Crippen LogP contribution < -0.4 is 16.8 Å². The second-order valence-corrected chi connectivity index (χ2v) is 7.25. The quantitative estimate of drug-likeness (QED) is 0.764. The lowest BCUT2D eigenvalue weighted by Crippen LogP contribution is -2.42. The van der Waals surface area contributed by atoms with Crippen LogP contribution in [0.15, 0.2) is 0 Å². The minimum Gasteiger partial charge on any atom is -0.390 e. The number of amides is 2. The Morgan fingerprint density at radius 3 is 2.73 bits per heavy atom. The summed E-state index contributed by atoms with van der Waals surface area (Å²) in [6, 6.07) is 0.353. The lowest BCUT2D eigenvalue weighted by Gasteiger charge is -2.27. The molecular formula is C15H22N4O2S. The molecule has 0 bridgehead atoms. The number of nitrogen functional groups attached to an aromatic ring is 1. The molecular weight excluding hydrogens is 300 g/mol. The predicted molar refractivity (Wildman–Crippen MR) is 86.6 cm³/mol. The molecule has 1 saturated carbocycles. The van der Waals surface area contributed by atoms with Gasteiger partial charge in [0, 0.05) is 24.0 Å². The smallest absolute Gasteiger partial charge is 0.251 e. The van der Waals surface area contributed by atoms with Crippen molar-refractivity contribution in [3.8, 4) is 0 Å². The number of anilines is 1. The van der Waals surface area contributed by atoms with Gasteiger partial charge in [0.15, 0.2) is 0 Å². The number of hydrogen-bond donors (Lipinski definition) is 3. The van der Waals surface area contributed by atoms with Crippen LogP contribution in [0.1, 0.15) is 46.5 Å². The third kappa shape index (κ3) is 3.10. The molecule has 0 unspecified atom stereocenters. The molecule has 0 saturated heterocycles. The average molecular weight is 322 g/mol. The van der Waals surface area contributed by atoms with E-state index in [1.54, 1.807) is 0 Å². The van der Waals surface area contributed by atoms with E-state index in [1.807, 2.05) is 0 Å². The monoisotopic (exact) mass is 322 g/mol. The molecule has 2 amide bonds. The van der Waals surface area contributed by atoms with Gasteiger partial charge in [-0.3, -0.25) is 14.5 Å². The fraction of sp³-hybridized carbons (Fsp3) is 0.600. The Hall–Kier alpha value is -1.60.